The zero-order chi connectivity index (χ0) is 21.8. The van der Waals surface area contributed by atoms with Gasteiger partial charge in [0.1, 0.15) is 11.7 Å². The van der Waals surface area contributed by atoms with Crippen LogP contribution in [0.5, 0.6) is 0 Å². The molecule has 166 valence electrons. The number of carbonyl (C=O) groups is 1. The van der Waals surface area contributed by atoms with Crippen LogP contribution in [-0.2, 0) is 14.6 Å². The van der Waals surface area contributed by atoms with Crippen LogP contribution in [0.3, 0.4) is 0 Å². The van der Waals surface area contributed by atoms with E-state index in [9.17, 15) is 9.90 Å². The fourth-order valence-corrected chi connectivity index (χ4v) is 4.70. The van der Waals surface area contributed by atoms with Gasteiger partial charge >= 0.3 is 5.97 Å². The van der Waals surface area contributed by atoms with Crippen LogP contribution in [-0.4, -0.2) is 34.0 Å². The van der Waals surface area contributed by atoms with Crippen molar-refractivity contribution in [1.29, 1.82) is 0 Å². The highest BCUT2D eigenvalue weighted by Crippen LogP contribution is 2.43. The van der Waals surface area contributed by atoms with E-state index in [-0.39, 0.29) is 5.41 Å². The first-order valence-electron chi connectivity index (χ1n) is 11.1. The molecule has 1 aliphatic carbocycles. The van der Waals surface area contributed by atoms with E-state index >= 15 is 0 Å². The third-order valence-electron chi connectivity index (χ3n) is 7.08. The molecule has 0 radical (unpaired) electrons. The highest BCUT2D eigenvalue weighted by molar-refractivity contribution is 5.70. The van der Waals surface area contributed by atoms with Crippen LogP contribution in [0.4, 0.5) is 0 Å². The molecule has 1 fully saturated rings. The summed E-state index contributed by atoms with van der Waals surface area (Å²) in [7, 11) is 0. The molecule has 2 N–H and O–H groups in total. The molecule has 4 atom stereocenters. The van der Waals surface area contributed by atoms with Gasteiger partial charge in [0, 0.05) is 0 Å². The van der Waals surface area contributed by atoms with Gasteiger partial charge in [0.25, 0.3) is 0 Å². The van der Waals surface area contributed by atoms with E-state index in [4.69, 9.17) is 14.9 Å². The molecular weight excluding hydrogens is 368 g/mol. The third-order valence-corrected chi connectivity index (χ3v) is 7.08. The highest BCUT2D eigenvalue weighted by Gasteiger charge is 2.38. The molecule has 0 aromatic rings. The zero-order valence-electron chi connectivity index (χ0n) is 18.9. The summed E-state index contributed by atoms with van der Waals surface area (Å²) in [5.41, 5.74) is 3.67. The first-order valence-corrected chi connectivity index (χ1v) is 11.1. The Hall–Kier alpha value is -1.17. The Labute approximate surface area is 176 Å². The monoisotopic (exact) mass is 408 g/mol. The summed E-state index contributed by atoms with van der Waals surface area (Å²) in [5, 5.41) is 19.7. The molecule has 0 spiro atoms. The lowest BCUT2D eigenvalue weighted by atomic mass is 9.71. The SMILES string of the molecule is C=C(CCC1=C(C)CCCC1(C)C)C(O)CC[C@@]1(C)CC[C@H](C(C)C(=O)O)OO1. The van der Waals surface area contributed by atoms with Crippen molar-refractivity contribution in [2.24, 2.45) is 11.3 Å². The fraction of sp³-hybridized carbons (Fsp3) is 0.792. The molecule has 0 amide bonds. The van der Waals surface area contributed by atoms with Crippen molar-refractivity contribution in [1.82, 2.24) is 0 Å². The van der Waals surface area contributed by atoms with E-state index in [2.05, 4.69) is 27.4 Å². The summed E-state index contributed by atoms with van der Waals surface area (Å²) >= 11 is 0. The van der Waals surface area contributed by atoms with Gasteiger partial charge in [-0.2, -0.15) is 0 Å². The number of aliphatic carboxylic acids is 1. The first kappa shape index (κ1) is 24.1. The average molecular weight is 409 g/mol. The Kier molecular flexibility index (Phi) is 8.11. The van der Waals surface area contributed by atoms with Crippen molar-refractivity contribution in [2.45, 2.75) is 110 Å². The van der Waals surface area contributed by atoms with Crippen LogP contribution in [0.25, 0.3) is 0 Å². The number of carboxylic acids is 1. The van der Waals surface area contributed by atoms with Gasteiger partial charge < -0.3 is 10.2 Å². The lowest BCUT2D eigenvalue weighted by molar-refractivity contribution is -0.411. The maximum absolute atomic E-state index is 11.1. The second-order valence-electron chi connectivity index (χ2n) is 10.0. The number of hydrogen-bond donors (Lipinski definition) is 2. The van der Waals surface area contributed by atoms with E-state index in [0.717, 1.165) is 24.8 Å². The van der Waals surface area contributed by atoms with Crippen LogP contribution in [0.2, 0.25) is 0 Å². The van der Waals surface area contributed by atoms with Crippen molar-refractivity contribution in [2.75, 3.05) is 0 Å². The van der Waals surface area contributed by atoms with Crippen LogP contribution in [0.15, 0.2) is 23.3 Å². The topological polar surface area (TPSA) is 76.0 Å². The van der Waals surface area contributed by atoms with Gasteiger partial charge in [0.2, 0.25) is 0 Å². The quantitative estimate of drug-likeness (QED) is 0.385. The van der Waals surface area contributed by atoms with Gasteiger partial charge in [-0.15, -0.1) is 0 Å². The fourth-order valence-electron chi connectivity index (χ4n) is 4.70. The Bertz CT molecular complexity index is 625. The molecule has 1 heterocycles. The Morgan fingerprint density at radius 3 is 2.55 bits per heavy atom. The predicted molar refractivity (Wildman–Crippen MR) is 114 cm³/mol. The van der Waals surface area contributed by atoms with E-state index in [1.165, 1.54) is 30.4 Å². The summed E-state index contributed by atoms with van der Waals surface area (Å²) in [6.07, 6.45) is 7.06. The van der Waals surface area contributed by atoms with Crippen LogP contribution in [0.1, 0.15) is 92.4 Å². The van der Waals surface area contributed by atoms with Gasteiger partial charge in [-0.25, -0.2) is 9.78 Å². The molecule has 1 saturated heterocycles. The standard InChI is InChI=1S/C24H40O5/c1-16-8-7-13-23(4,5)19(16)10-9-17(2)20(25)11-14-24(6)15-12-21(28-29-24)18(3)22(26)27/h18,20-21,25H,2,7-15H2,1,3-6H3,(H,26,27)/t18?,20?,21-,24+/m1/s1. The molecule has 0 saturated carbocycles. The molecular formula is C24H40O5. The maximum Gasteiger partial charge on any atom is 0.308 e. The van der Waals surface area contributed by atoms with Gasteiger partial charge in [-0.3, -0.25) is 4.79 Å². The summed E-state index contributed by atoms with van der Waals surface area (Å²) in [5.74, 6) is -1.47. The molecule has 0 bridgehead atoms. The third kappa shape index (κ3) is 6.40. The smallest absolute Gasteiger partial charge is 0.308 e. The second-order valence-corrected chi connectivity index (χ2v) is 10.0. The number of allylic oxidation sites excluding steroid dienone is 2. The summed E-state index contributed by atoms with van der Waals surface area (Å²) in [4.78, 5) is 22.0. The number of carboxylic acid groups (broad SMARTS) is 1. The zero-order valence-corrected chi connectivity index (χ0v) is 18.9. The summed E-state index contributed by atoms with van der Waals surface area (Å²) in [6, 6.07) is 0. The normalized spacial score (nSPS) is 29.4. The van der Waals surface area contributed by atoms with Crippen LogP contribution < -0.4 is 0 Å². The van der Waals surface area contributed by atoms with Crippen molar-refractivity contribution < 1.29 is 24.8 Å². The Morgan fingerprint density at radius 2 is 2.00 bits per heavy atom. The van der Waals surface area contributed by atoms with Gasteiger partial charge in [0.05, 0.1) is 12.0 Å². The molecule has 2 rings (SSSR count). The minimum absolute atomic E-state index is 0.248. The minimum atomic E-state index is -0.875. The second kappa shape index (κ2) is 9.76. The molecule has 29 heavy (non-hydrogen) atoms. The highest BCUT2D eigenvalue weighted by atomic mass is 17.2. The van der Waals surface area contributed by atoms with Crippen molar-refractivity contribution in [3.05, 3.63) is 23.3 Å². The van der Waals surface area contributed by atoms with Gasteiger partial charge in [-0.05, 0) is 89.5 Å². The first-order chi connectivity index (χ1) is 13.4. The number of rotatable bonds is 9. The lowest BCUT2D eigenvalue weighted by Crippen LogP contribution is -2.41. The molecule has 0 aromatic heterocycles. The minimum Gasteiger partial charge on any atom is -0.481 e. The average Bonchev–Trinajstić information content (AvgIpc) is 2.65. The van der Waals surface area contributed by atoms with Gasteiger partial charge in [0.15, 0.2) is 0 Å². The van der Waals surface area contributed by atoms with E-state index < -0.39 is 29.7 Å². The molecule has 2 unspecified atom stereocenters. The Morgan fingerprint density at radius 1 is 1.31 bits per heavy atom. The number of aliphatic hydroxyl groups is 1. The van der Waals surface area contributed by atoms with E-state index in [0.29, 0.717) is 19.3 Å². The number of aliphatic hydroxyl groups excluding tert-OH is 1. The maximum atomic E-state index is 11.1. The Balaban J connectivity index is 1.79. The van der Waals surface area contributed by atoms with Gasteiger partial charge in [-0.1, -0.05) is 31.6 Å². The van der Waals surface area contributed by atoms with Crippen molar-refractivity contribution in [3.63, 3.8) is 0 Å². The molecule has 5 nitrogen and oxygen atoms in total. The largest absolute Gasteiger partial charge is 0.481 e. The summed E-state index contributed by atoms with van der Waals surface area (Å²) in [6.45, 7) is 14.6. The predicted octanol–water partition coefficient (Wildman–Crippen LogP) is 5.58. The number of hydrogen-bond acceptors (Lipinski definition) is 4. The van der Waals surface area contributed by atoms with Crippen LogP contribution >= 0.6 is 0 Å². The van der Waals surface area contributed by atoms with Crippen LogP contribution in [0, 0.1) is 11.3 Å². The molecule has 0 aromatic carbocycles. The van der Waals surface area contributed by atoms with E-state index in [1.807, 2.05) is 6.92 Å². The van der Waals surface area contributed by atoms with Crippen molar-refractivity contribution in [3.8, 4) is 0 Å². The molecule has 5 heteroatoms. The lowest BCUT2D eigenvalue weighted by Gasteiger charge is -2.37. The molecule has 2 aliphatic rings. The molecule has 1 aliphatic heterocycles. The van der Waals surface area contributed by atoms with Crippen molar-refractivity contribution >= 4 is 5.97 Å². The summed E-state index contributed by atoms with van der Waals surface area (Å²) < 4.78 is 0. The van der Waals surface area contributed by atoms with E-state index in [1.54, 1.807) is 6.92 Å².